The Labute approximate surface area is 140 Å². The maximum Gasteiger partial charge on any atom is 0.221 e. The third kappa shape index (κ3) is 4.47. The van der Waals surface area contributed by atoms with E-state index in [1.807, 2.05) is 13.0 Å². The van der Waals surface area contributed by atoms with Crippen molar-refractivity contribution in [3.63, 3.8) is 0 Å². The average molecular weight is 312 g/mol. The smallest absolute Gasteiger partial charge is 0.221 e. The minimum absolute atomic E-state index is 0.479. The van der Waals surface area contributed by atoms with E-state index in [9.17, 15) is 0 Å². The van der Waals surface area contributed by atoms with Crippen LogP contribution in [0.2, 0.25) is 0 Å². The van der Waals surface area contributed by atoms with E-state index < -0.39 is 0 Å². The second kappa shape index (κ2) is 7.49. The van der Waals surface area contributed by atoms with Gasteiger partial charge in [-0.05, 0) is 57.7 Å². The number of nitrogens with zero attached hydrogens (tertiary/aromatic N) is 1. The van der Waals surface area contributed by atoms with Crippen molar-refractivity contribution < 1.29 is 4.74 Å². The molecule has 0 aliphatic carbocycles. The molecule has 1 heterocycles. The summed E-state index contributed by atoms with van der Waals surface area (Å²) in [5.74, 6) is 1.55. The number of hydrogen-bond acceptors (Lipinski definition) is 3. The van der Waals surface area contributed by atoms with Crippen LogP contribution in [-0.2, 0) is 0 Å². The van der Waals surface area contributed by atoms with Gasteiger partial charge in [0.1, 0.15) is 5.75 Å². The van der Waals surface area contributed by atoms with Crippen LogP contribution in [0.25, 0.3) is 0 Å². The second-order valence-corrected chi connectivity index (χ2v) is 6.32. The highest BCUT2D eigenvalue weighted by Gasteiger charge is 2.10. The Balaban J connectivity index is 2.29. The van der Waals surface area contributed by atoms with E-state index in [2.05, 4.69) is 63.1 Å². The van der Waals surface area contributed by atoms with E-state index >= 15 is 0 Å². The van der Waals surface area contributed by atoms with Crippen LogP contribution >= 0.6 is 0 Å². The van der Waals surface area contributed by atoms with Gasteiger partial charge in [-0.15, -0.1) is 0 Å². The largest absolute Gasteiger partial charge is 0.438 e. The first-order chi connectivity index (χ1) is 10.9. The van der Waals surface area contributed by atoms with Crippen LogP contribution in [0.15, 0.2) is 24.3 Å². The molecule has 0 radical (unpaired) electrons. The van der Waals surface area contributed by atoms with Crippen LogP contribution in [-0.4, -0.2) is 11.0 Å². The molecule has 1 aromatic carbocycles. The molecular weight excluding hydrogens is 284 g/mol. The summed E-state index contributed by atoms with van der Waals surface area (Å²) in [4.78, 5) is 4.53. The number of benzene rings is 1. The Morgan fingerprint density at radius 3 is 2.13 bits per heavy atom. The first-order valence-corrected chi connectivity index (χ1v) is 8.43. The van der Waals surface area contributed by atoms with Crippen LogP contribution in [0.5, 0.6) is 11.6 Å². The lowest BCUT2D eigenvalue weighted by Gasteiger charge is -2.18. The maximum absolute atomic E-state index is 6.11. The lowest BCUT2D eigenvalue weighted by atomic mass is 10.1. The zero-order chi connectivity index (χ0) is 17.0. The number of aromatic nitrogens is 1. The van der Waals surface area contributed by atoms with E-state index in [4.69, 9.17) is 4.74 Å². The second-order valence-electron chi connectivity index (χ2n) is 6.32. The van der Waals surface area contributed by atoms with Gasteiger partial charge in [0.15, 0.2) is 0 Å². The molecule has 0 saturated carbocycles. The molecule has 0 aliphatic heterocycles. The molecule has 2 aromatic rings. The van der Waals surface area contributed by atoms with Crippen molar-refractivity contribution >= 4 is 5.69 Å². The highest BCUT2D eigenvalue weighted by Crippen LogP contribution is 2.30. The summed E-state index contributed by atoms with van der Waals surface area (Å²) in [5.41, 5.74) is 5.56. The van der Waals surface area contributed by atoms with E-state index in [1.54, 1.807) is 0 Å². The fourth-order valence-electron chi connectivity index (χ4n) is 2.93. The molecule has 124 valence electrons. The molecule has 0 aliphatic rings. The van der Waals surface area contributed by atoms with E-state index in [1.165, 1.54) is 5.56 Å². The SMILES string of the molecule is CCC(CC)Nc1cc(C)nc(Oc2c(C)cc(C)cc2C)c1. The van der Waals surface area contributed by atoms with Gasteiger partial charge in [0, 0.05) is 23.5 Å². The van der Waals surface area contributed by atoms with Gasteiger partial charge in [-0.25, -0.2) is 4.98 Å². The minimum Gasteiger partial charge on any atom is -0.438 e. The molecule has 0 amide bonds. The number of ether oxygens (including phenoxy) is 1. The highest BCUT2D eigenvalue weighted by molar-refractivity contribution is 5.50. The van der Waals surface area contributed by atoms with Crippen LogP contribution in [0.1, 0.15) is 49.1 Å². The van der Waals surface area contributed by atoms with Crippen molar-refractivity contribution in [2.75, 3.05) is 5.32 Å². The zero-order valence-electron chi connectivity index (χ0n) is 15.2. The first kappa shape index (κ1) is 17.3. The molecule has 0 spiro atoms. The predicted octanol–water partition coefficient (Wildman–Crippen LogP) is 5.71. The van der Waals surface area contributed by atoms with E-state index in [0.29, 0.717) is 11.9 Å². The van der Waals surface area contributed by atoms with Gasteiger partial charge in [-0.3, -0.25) is 0 Å². The highest BCUT2D eigenvalue weighted by atomic mass is 16.5. The van der Waals surface area contributed by atoms with Crippen molar-refractivity contribution in [3.05, 3.63) is 46.6 Å². The standard InChI is InChI=1S/C20H28N2O/c1-7-17(8-2)22-18-11-16(6)21-19(12-18)23-20-14(4)9-13(3)10-15(20)5/h9-12,17H,7-8H2,1-6H3,(H,21,22). The number of nitrogens with one attached hydrogen (secondary N) is 1. The predicted molar refractivity (Wildman–Crippen MR) is 97.7 cm³/mol. The fourth-order valence-corrected chi connectivity index (χ4v) is 2.93. The van der Waals surface area contributed by atoms with Gasteiger partial charge in [0.2, 0.25) is 5.88 Å². The summed E-state index contributed by atoms with van der Waals surface area (Å²) in [6.45, 7) is 12.7. The third-order valence-corrected chi connectivity index (χ3v) is 4.10. The Kier molecular flexibility index (Phi) is 5.64. The van der Waals surface area contributed by atoms with Crippen molar-refractivity contribution in [2.24, 2.45) is 0 Å². The molecule has 1 aromatic heterocycles. The lowest BCUT2D eigenvalue weighted by molar-refractivity contribution is 0.455. The van der Waals surface area contributed by atoms with Gasteiger partial charge in [0.25, 0.3) is 0 Å². The van der Waals surface area contributed by atoms with Crippen molar-refractivity contribution in [1.82, 2.24) is 4.98 Å². The topological polar surface area (TPSA) is 34.2 Å². The summed E-state index contributed by atoms with van der Waals surface area (Å²) in [7, 11) is 0. The minimum atomic E-state index is 0.479. The summed E-state index contributed by atoms with van der Waals surface area (Å²) in [6.07, 6.45) is 2.20. The summed E-state index contributed by atoms with van der Waals surface area (Å²) < 4.78 is 6.11. The van der Waals surface area contributed by atoms with Crippen LogP contribution in [0.3, 0.4) is 0 Å². The molecule has 3 nitrogen and oxygen atoms in total. The summed E-state index contributed by atoms with van der Waals surface area (Å²) in [5, 5.41) is 3.56. The average Bonchev–Trinajstić information content (AvgIpc) is 2.48. The fraction of sp³-hybridized carbons (Fsp3) is 0.450. The number of pyridine rings is 1. The first-order valence-electron chi connectivity index (χ1n) is 8.43. The molecule has 2 rings (SSSR count). The monoisotopic (exact) mass is 312 g/mol. The van der Waals surface area contributed by atoms with Crippen LogP contribution < -0.4 is 10.1 Å². The molecule has 0 fully saturated rings. The molecule has 0 saturated heterocycles. The van der Waals surface area contributed by atoms with E-state index in [-0.39, 0.29) is 0 Å². The Bertz CT molecular complexity index is 652. The van der Waals surface area contributed by atoms with Crippen molar-refractivity contribution in [1.29, 1.82) is 0 Å². The molecule has 3 heteroatoms. The normalized spacial score (nSPS) is 10.9. The Hall–Kier alpha value is -2.03. The summed E-state index contributed by atoms with van der Waals surface area (Å²) >= 11 is 0. The van der Waals surface area contributed by atoms with Gasteiger partial charge in [0.05, 0.1) is 0 Å². The quantitative estimate of drug-likeness (QED) is 0.742. The number of aryl methyl sites for hydroxylation is 4. The molecule has 1 N–H and O–H groups in total. The number of anilines is 1. The van der Waals surface area contributed by atoms with Gasteiger partial charge in [-0.1, -0.05) is 31.5 Å². The van der Waals surface area contributed by atoms with E-state index in [0.717, 1.165) is 41.1 Å². The molecular formula is C20H28N2O. The van der Waals surface area contributed by atoms with Crippen LogP contribution in [0, 0.1) is 27.7 Å². The Morgan fingerprint density at radius 1 is 0.957 bits per heavy atom. The number of hydrogen-bond donors (Lipinski definition) is 1. The van der Waals surface area contributed by atoms with Gasteiger partial charge in [-0.2, -0.15) is 0 Å². The maximum atomic E-state index is 6.11. The molecule has 0 unspecified atom stereocenters. The lowest BCUT2D eigenvalue weighted by Crippen LogP contribution is -2.17. The van der Waals surface area contributed by atoms with Gasteiger partial charge < -0.3 is 10.1 Å². The van der Waals surface area contributed by atoms with Crippen LogP contribution in [0.4, 0.5) is 5.69 Å². The number of rotatable bonds is 6. The third-order valence-electron chi connectivity index (χ3n) is 4.10. The zero-order valence-corrected chi connectivity index (χ0v) is 15.2. The molecule has 0 atom stereocenters. The van der Waals surface area contributed by atoms with Crippen molar-refractivity contribution in [3.8, 4) is 11.6 Å². The van der Waals surface area contributed by atoms with Gasteiger partial charge >= 0.3 is 0 Å². The van der Waals surface area contributed by atoms with Crippen molar-refractivity contribution in [2.45, 2.75) is 60.4 Å². The molecule has 0 bridgehead atoms. The Morgan fingerprint density at radius 2 is 1.57 bits per heavy atom. The summed E-state index contributed by atoms with van der Waals surface area (Å²) in [6, 6.07) is 8.82. The molecule has 23 heavy (non-hydrogen) atoms.